The Bertz CT molecular complexity index is 571. The minimum Gasteiger partial charge on any atom is -0.370 e. The fourth-order valence-corrected chi connectivity index (χ4v) is 2.10. The van der Waals surface area contributed by atoms with Gasteiger partial charge >= 0.3 is 0 Å². The molecule has 1 atom stereocenters. The molecule has 0 spiro atoms. The molecule has 0 bridgehead atoms. The Balaban J connectivity index is 2.01. The summed E-state index contributed by atoms with van der Waals surface area (Å²) in [5, 5.41) is 3.25. The van der Waals surface area contributed by atoms with Gasteiger partial charge in [-0.25, -0.2) is 0 Å². The van der Waals surface area contributed by atoms with Crippen LogP contribution in [-0.2, 0) is 0 Å². The first-order valence-electron chi connectivity index (χ1n) is 5.96. The second kappa shape index (κ2) is 4.88. The van der Waals surface area contributed by atoms with Crippen molar-refractivity contribution in [2.75, 3.05) is 0 Å². The van der Waals surface area contributed by atoms with Crippen LogP contribution in [0.5, 0.6) is 0 Å². The molecule has 1 heterocycles. The highest BCUT2D eigenvalue weighted by Crippen LogP contribution is 2.21. The molecule has 1 aliphatic rings. The minimum absolute atomic E-state index is 0.0681. The van der Waals surface area contributed by atoms with Crippen molar-refractivity contribution < 1.29 is 0 Å². The lowest BCUT2D eigenvalue weighted by atomic mass is 9.96. The van der Waals surface area contributed by atoms with Gasteiger partial charge in [-0.05, 0) is 11.1 Å². The first kappa shape index (κ1) is 10.8. The summed E-state index contributed by atoms with van der Waals surface area (Å²) in [6.45, 7) is 0. The van der Waals surface area contributed by atoms with Crippen LogP contribution in [0.4, 0.5) is 0 Å². The van der Waals surface area contributed by atoms with E-state index in [0.717, 1.165) is 11.3 Å². The topological polar surface area (TPSA) is 24.4 Å². The van der Waals surface area contributed by atoms with Crippen molar-refractivity contribution in [3.8, 4) is 0 Å². The maximum absolute atomic E-state index is 4.48. The molecule has 2 nitrogen and oxygen atoms in total. The highest BCUT2D eigenvalue weighted by atomic mass is 15.0. The molecule has 1 aliphatic heterocycles. The standard InChI is InChI=1S/C16H13N2/c1-3-7-13(8-4-1)15-16(18-12-11-17-15)14-9-5-2-6-10-14/h1-11,16,18H. The Morgan fingerprint density at radius 3 is 2.28 bits per heavy atom. The van der Waals surface area contributed by atoms with Crippen LogP contribution in [0.2, 0.25) is 0 Å². The van der Waals surface area contributed by atoms with E-state index < -0.39 is 0 Å². The largest absolute Gasteiger partial charge is 0.370 e. The molecular weight excluding hydrogens is 220 g/mol. The molecule has 0 aromatic heterocycles. The second-order valence-corrected chi connectivity index (χ2v) is 4.14. The monoisotopic (exact) mass is 233 g/mol. The smallest absolute Gasteiger partial charge is 0.0947 e. The minimum atomic E-state index is 0.0681. The quantitative estimate of drug-likeness (QED) is 0.847. The van der Waals surface area contributed by atoms with Gasteiger partial charge in [-0.3, -0.25) is 4.99 Å². The van der Waals surface area contributed by atoms with Crippen LogP contribution in [0.3, 0.4) is 0 Å². The summed E-state index contributed by atoms with van der Waals surface area (Å²) in [6, 6.07) is 20.6. The number of hydrogen-bond donors (Lipinski definition) is 1. The molecule has 18 heavy (non-hydrogen) atoms. The van der Waals surface area contributed by atoms with Crippen LogP contribution in [0.25, 0.3) is 0 Å². The normalized spacial score (nSPS) is 18.0. The van der Waals surface area contributed by atoms with Crippen LogP contribution in [-0.4, -0.2) is 5.71 Å². The third-order valence-electron chi connectivity index (χ3n) is 2.97. The zero-order valence-corrected chi connectivity index (χ0v) is 9.88. The molecular formula is C16H13N2. The summed E-state index contributed by atoms with van der Waals surface area (Å²) in [6.07, 6.45) is 4.65. The molecule has 2 aromatic rings. The SMILES string of the molecule is [C]1=CN=C(c2ccccc2)C(c2ccccc2)N1. The van der Waals surface area contributed by atoms with E-state index in [0.29, 0.717) is 0 Å². The molecule has 3 rings (SSSR count). The third-order valence-corrected chi connectivity index (χ3v) is 2.97. The Kier molecular flexibility index (Phi) is 2.92. The summed E-state index contributed by atoms with van der Waals surface area (Å²) in [5.74, 6) is 0. The van der Waals surface area contributed by atoms with Gasteiger partial charge in [-0.1, -0.05) is 60.7 Å². The van der Waals surface area contributed by atoms with Crippen molar-refractivity contribution in [1.29, 1.82) is 0 Å². The van der Waals surface area contributed by atoms with Gasteiger partial charge < -0.3 is 5.32 Å². The molecule has 0 saturated carbocycles. The maximum atomic E-state index is 4.48. The van der Waals surface area contributed by atoms with E-state index in [2.05, 4.69) is 40.8 Å². The first-order valence-corrected chi connectivity index (χ1v) is 5.96. The molecule has 1 radical (unpaired) electrons. The molecule has 0 aliphatic carbocycles. The molecule has 2 heteroatoms. The van der Waals surface area contributed by atoms with E-state index in [4.69, 9.17) is 0 Å². The predicted molar refractivity (Wildman–Crippen MR) is 73.1 cm³/mol. The van der Waals surface area contributed by atoms with E-state index >= 15 is 0 Å². The second-order valence-electron chi connectivity index (χ2n) is 4.14. The van der Waals surface area contributed by atoms with Gasteiger partial charge in [0.05, 0.1) is 24.2 Å². The highest BCUT2D eigenvalue weighted by Gasteiger charge is 2.19. The molecule has 1 unspecified atom stereocenters. The molecule has 0 amide bonds. The molecule has 1 N–H and O–H groups in total. The molecule has 2 aromatic carbocycles. The van der Waals surface area contributed by atoms with Crippen LogP contribution in [0, 0.1) is 6.20 Å². The zero-order valence-electron chi connectivity index (χ0n) is 9.88. The highest BCUT2D eigenvalue weighted by molar-refractivity contribution is 6.05. The van der Waals surface area contributed by atoms with E-state index in [1.807, 2.05) is 36.4 Å². The Labute approximate surface area is 107 Å². The lowest BCUT2D eigenvalue weighted by Crippen LogP contribution is -2.28. The molecule has 0 fully saturated rings. The van der Waals surface area contributed by atoms with Crippen molar-refractivity contribution in [3.05, 3.63) is 84.2 Å². The number of nitrogens with zero attached hydrogens (tertiary/aromatic N) is 1. The number of nitrogens with one attached hydrogen (secondary N) is 1. The first-order chi connectivity index (χ1) is 8.95. The lowest BCUT2D eigenvalue weighted by molar-refractivity contribution is 0.759. The van der Waals surface area contributed by atoms with E-state index in [9.17, 15) is 0 Å². The van der Waals surface area contributed by atoms with Gasteiger partial charge in [-0.15, -0.1) is 0 Å². The number of aliphatic imine (C=N–C) groups is 1. The number of hydrogen-bond acceptors (Lipinski definition) is 2. The van der Waals surface area contributed by atoms with Crippen molar-refractivity contribution in [1.82, 2.24) is 5.32 Å². The summed E-state index contributed by atoms with van der Waals surface area (Å²) in [5.41, 5.74) is 3.36. The van der Waals surface area contributed by atoms with Crippen molar-refractivity contribution in [2.45, 2.75) is 6.04 Å². The maximum Gasteiger partial charge on any atom is 0.0947 e. The van der Waals surface area contributed by atoms with Crippen molar-refractivity contribution in [3.63, 3.8) is 0 Å². The van der Waals surface area contributed by atoms with E-state index in [1.54, 1.807) is 6.20 Å². The summed E-state index contributed by atoms with van der Waals surface area (Å²) in [4.78, 5) is 4.48. The number of benzene rings is 2. The summed E-state index contributed by atoms with van der Waals surface area (Å²) in [7, 11) is 0. The Morgan fingerprint density at radius 2 is 1.56 bits per heavy atom. The van der Waals surface area contributed by atoms with Gasteiger partial charge in [0, 0.05) is 0 Å². The van der Waals surface area contributed by atoms with Gasteiger partial charge in [0.15, 0.2) is 0 Å². The van der Waals surface area contributed by atoms with Crippen molar-refractivity contribution in [2.24, 2.45) is 4.99 Å². The Morgan fingerprint density at radius 1 is 0.889 bits per heavy atom. The van der Waals surface area contributed by atoms with Crippen molar-refractivity contribution >= 4 is 5.71 Å². The van der Waals surface area contributed by atoms with E-state index in [1.165, 1.54) is 5.56 Å². The Hall–Kier alpha value is -2.35. The van der Waals surface area contributed by atoms with Gasteiger partial charge in [0.1, 0.15) is 0 Å². The average Bonchev–Trinajstić information content (AvgIpc) is 2.49. The number of rotatable bonds is 2. The summed E-state index contributed by atoms with van der Waals surface area (Å²) >= 11 is 0. The molecule has 87 valence electrons. The van der Waals surface area contributed by atoms with Gasteiger partial charge in [-0.2, -0.15) is 0 Å². The van der Waals surface area contributed by atoms with Gasteiger partial charge in [0.25, 0.3) is 0 Å². The third kappa shape index (κ3) is 2.05. The lowest BCUT2D eigenvalue weighted by Gasteiger charge is -2.22. The van der Waals surface area contributed by atoms with E-state index in [-0.39, 0.29) is 6.04 Å². The van der Waals surface area contributed by atoms with Crippen LogP contribution >= 0.6 is 0 Å². The fourth-order valence-electron chi connectivity index (χ4n) is 2.10. The van der Waals surface area contributed by atoms with Crippen LogP contribution in [0.15, 0.2) is 71.9 Å². The summed E-state index contributed by atoms with van der Waals surface area (Å²) < 4.78 is 0. The zero-order chi connectivity index (χ0) is 12.2. The fraction of sp³-hybridized carbons (Fsp3) is 0.0625. The predicted octanol–water partition coefficient (Wildman–Crippen LogP) is 3.09. The van der Waals surface area contributed by atoms with Crippen LogP contribution < -0.4 is 5.32 Å². The molecule has 0 saturated heterocycles. The van der Waals surface area contributed by atoms with Crippen LogP contribution in [0.1, 0.15) is 17.2 Å². The van der Waals surface area contributed by atoms with Gasteiger partial charge in [0.2, 0.25) is 0 Å². The average molecular weight is 233 g/mol.